The molecule has 2 fully saturated rings. The van der Waals surface area contributed by atoms with Gasteiger partial charge >= 0.3 is 0 Å². The number of hydrogen-bond acceptors (Lipinski definition) is 9. The maximum Gasteiger partial charge on any atom is 0.252 e. The Kier molecular flexibility index (Phi) is 18.8. The molecule has 1 aromatic carbocycles. The summed E-state index contributed by atoms with van der Waals surface area (Å²) in [4.78, 5) is 41.4. The molecule has 5 N–H and O–H groups in total. The smallest absolute Gasteiger partial charge is 0.252 e. The van der Waals surface area contributed by atoms with Gasteiger partial charge in [0.2, 0.25) is 5.91 Å². The summed E-state index contributed by atoms with van der Waals surface area (Å²) < 4.78 is 22.8. The van der Waals surface area contributed by atoms with Gasteiger partial charge in [0.25, 0.3) is 11.8 Å². The van der Waals surface area contributed by atoms with Crippen LogP contribution in [0, 0.1) is 20.8 Å². The van der Waals surface area contributed by atoms with Crippen molar-refractivity contribution < 1.29 is 38.4 Å². The topological polar surface area (TPSA) is 162 Å². The standard InChI is InChI=1S/C28H44N4O8.3C2H6/c1-15-22(25(35)30-10-20-13-37-27(5,6)39-20)16(2)24(32(18(4)33)12-19(34)9-29)17(3)23(15)26(36)31-11-21-14-38-28(7,8)40-21;3*1-2/h19-21,34H,9-14,29H2,1-8H3,(H,30,35)(H,31,36);3*1-2H3. The maximum absolute atomic E-state index is 13.6. The van der Waals surface area contributed by atoms with Gasteiger partial charge < -0.3 is 45.3 Å². The fourth-order valence-corrected chi connectivity index (χ4v) is 5.27. The number of nitrogens with two attached hydrogens (primary N) is 1. The highest BCUT2D eigenvalue weighted by atomic mass is 16.7. The fraction of sp³-hybridized carbons (Fsp3) is 0.735. The van der Waals surface area contributed by atoms with Crippen LogP contribution in [0.3, 0.4) is 0 Å². The van der Waals surface area contributed by atoms with Crippen LogP contribution < -0.4 is 21.3 Å². The van der Waals surface area contributed by atoms with Crippen LogP contribution in [0.2, 0.25) is 0 Å². The van der Waals surface area contributed by atoms with Crippen LogP contribution in [0.5, 0.6) is 0 Å². The second-order valence-electron chi connectivity index (χ2n) is 11.3. The molecule has 2 aliphatic rings. The van der Waals surface area contributed by atoms with Gasteiger partial charge in [-0.15, -0.1) is 0 Å². The second-order valence-corrected chi connectivity index (χ2v) is 11.3. The van der Waals surface area contributed by atoms with E-state index in [1.165, 1.54) is 11.8 Å². The molecular formula is C34H62N4O8. The lowest BCUT2D eigenvalue weighted by Gasteiger charge is -2.30. The lowest BCUT2D eigenvalue weighted by Crippen LogP contribution is -2.41. The normalized spacial score (nSPS) is 19.7. The number of ether oxygens (including phenoxy) is 4. The zero-order valence-corrected chi connectivity index (χ0v) is 30.8. The van der Waals surface area contributed by atoms with Crippen molar-refractivity contribution in [3.05, 3.63) is 27.8 Å². The van der Waals surface area contributed by atoms with E-state index in [1.807, 2.05) is 41.5 Å². The Morgan fingerprint density at radius 2 is 1.17 bits per heavy atom. The molecule has 2 saturated heterocycles. The van der Waals surface area contributed by atoms with Crippen molar-refractivity contribution >= 4 is 23.4 Å². The summed E-state index contributed by atoms with van der Waals surface area (Å²) in [6, 6.07) is 0. The van der Waals surface area contributed by atoms with Crippen LogP contribution >= 0.6 is 0 Å². The summed E-state index contributed by atoms with van der Waals surface area (Å²) in [5.74, 6) is -2.68. The SMILES string of the molecule is CC.CC.CC.CC(=O)N(CC(O)CN)c1c(C)c(C(=O)NCC2COC(C)(C)O2)c(C)c(C(=O)NCC2COC(C)(C)O2)c1C. The Morgan fingerprint density at radius 1 is 0.804 bits per heavy atom. The molecule has 46 heavy (non-hydrogen) atoms. The van der Waals surface area contributed by atoms with Gasteiger partial charge in [-0.2, -0.15) is 0 Å². The molecule has 0 bridgehead atoms. The largest absolute Gasteiger partial charge is 0.390 e. The van der Waals surface area contributed by atoms with Crippen LogP contribution in [0.1, 0.15) is 114 Å². The molecular weight excluding hydrogens is 592 g/mol. The van der Waals surface area contributed by atoms with Gasteiger partial charge in [0.05, 0.1) is 31.5 Å². The average molecular weight is 655 g/mol. The van der Waals surface area contributed by atoms with Gasteiger partial charge in [0, 0.05) is 37.7 Å². The summed E-state index contributed by atoms with van der Waals surface area (Å²) in [6.45, 7) is 26.6. The van der Waals surface area contributed by atoms with E-state index in [4.69, 9.17) is 24.7 Å². The van der Waals surface area contributed by atoms with Gasteiger partial charge in [-0.05, 0) is 65.2 Å². The third-order valence-electron chi connectivity index (χ3n) is 7.10. The summed E-state index contributed by atoms with van der Waals surface area (Å²) in [5, 5.41) is 16.1. The van der Waals surface area contributed by atoms with E-state index < -0.39 is 29.5 Å². The molecule has 1 aromatic rings. The molecule has 3 amide bonds. The fourth-order valence-electron chi connectivity index (χ4n) is 5.27. The van der Waals surface area contributed by atoms with E-state index in [9.17, 15) is 19.5 Å². The second kappa shape index (κ2) is 19.9. The van der Waals surface area contributed by atoms with Gasteiger partial charge in [-0.3, -0.25) is 14.4 Å². The van der Waals surface area contributed by atoms with Crippen molar-refractivity contribution in [3.8, 4) is 0 Å². The van der Waals surface area contributed by atoms with E-state index in [-0.39, 0.29) is 55.4 Å². The van der Waals surface area contributed by atoms with Crippen LogP contribution in [-0.4, -0.2) is 92.1 Å². The predicted octanol–water partition coefficient (Wildman–Crippen LogP) is 4.13. The summed E-state index contributed by atoms with van der Waals surface area (Å²) >= 11 is 0. The van der Waals surface area contributed by atoms with E-state index in [1.54, 1.807) is 48.5 Å². The van der Waals surface area contributed by atoms with Crippen LogP contribution in [0.15, 0.2) is 0 Å². The van der Waals surface area contributed by atoms with Crippen molar-refractivity contribution in [2.24, 2.45) is 5.73 Å². The molecule has 12 heteroatoms. The first-order chi connectivity index (χ1) is 21.6. The maximum atomic E-state index is 13.6. The Bertz CT molecular complexity index is 1070. The molecule has 2 aliphatic heterocycles. The minimum Gasteiger partial charge on any atom is -0.390 e. The third-order valence-corrected chi connectivity index (χ3v) is 7.10. The molecule has 0 aromatic heterocycles. The van der Waals surface area contributed by atoms with E-state index in [2.05, 4.69) is 10.6 Å². The van der Waals surface area contributed by atoms with Crippen LogP contribution in [0.4, 0.5) is 5.69 Å². The van der Waals surface area contributed by atoms with Crippen molar-refractivity contribution in [2.75, 3.05) is 44.3 Å². The molecule has 3 unspecified atom stereocenters. The number of anilines is 1. The lowest BCUT2D eigenvalue weighted by molar-refractivity contribution is -0.138. The molecule has 2 heterocycles. The Balaban J connectivity index is 0.00000318. The first-order valence-corrected chi connectivity index (χ1v) is 16.6. The van der Waals surface area contributed by atoms with E-state index >= 15 is 0 Å². The molecule has 0 aliphatic carbocycles. The first kappa shape index (κ1) is 43.4. The number of carbonyl (C=O) groups excluding carboxylic acids is 3. The average Bonchev–Trinajstić information content (AvgIpc) is 3.56. The summed E-state index contributed by atoms with van der Waals surface area (Å²) in [6.07, 6.45) is -1.67. The molecule has 0 saturated carbocycles. The van der Waals surface area contributed by atoms with Crippen LogP contribution in [-0.2, 0) is 23.7 Å². The highest BCUT2D eigenvalue weighted by Gasteiger charge is 2.35. The van der Waals surface area contributed by atoms with Gasteiger partial charge in [0.1, 0.15) is 12.2 Å². The summed E-state index contributed by atoms with van der Waals surface area (Å²) in [7, 11) is 0. The zero-order chi connectivity index (χ0) is 36.0. The van der Waals surface area contributed by atoms with Gasteiger partial charge in [-0.1, -0.05) is 41.5 Å². The molecule has 266 valence electrons. The molecule has 0 spiro atoms. The molecule has 3 atom stereocenters. The number of carbonyl (C=O) groups is 3. The highest BCUT2D eigenvalue weighted by Crippen LogP contribution is 2.35. The predicted molar refractivity (Wildman–Crippen MR) is 182 cm³/mol. The van der Waals surface area contributed by atoms with Crippen LogP contribution in [0.25, 0.3) is 0 Å². The first-order valence-electron chi connectivity index (χ1n) is 16.6. The summed E-state index contributed by atoms with van der Waals surface area (Å²) in [5.41, 5.74) is 8.00. The number of hydrogen-bond donors (Lipinski definition) is 4. The van der Waals surface area contributed by atoms with Gasteiger partial charge in [-0.25, -0.2) is 0 Å². The van der Waals surface area contributed by atoms with Crippen molar-refractivity contribution in [1.82, 2.24) is 10.6 Å². The Hall–Kier alpha value is -2.61. The number of rotatable bonds is 10. The molecule has 3 rings (SSSR count). The lowest BCUT2D eigenvalue weighted by atomic mass is 9.89. The highest BCUT2D eigenvalue weighted by molar-refractivity contribution is 6.08. The number of amides is 3. The third kappa shape index (κ3) is 11.9. The molecule has 0 radical (unpaired) electrons. The quantitative estimate of drug-likeness (QED) is 0.291. The number of nitrogens with one attached hydrogen (secondary N) is 2. The van der Waals surface area contributed by atoms with Crippen molar-refractivity contribution in [3.63, 3.8) is 0 Å². The van der Waals surface area contributed by atoms with Gasteiger partial charge in [0.15, 0.2) is 11.6 Å². The van der Waals surface area contributed by atoms with Crippen molar-refractivity contribution in [2.45, 2.75) is 127 Å². The monoisotopic (exact) mass is 654 g/mol. The molecule has 12 nitrogen and oxygen atoms in total. The minimum atomic E-state index is -0.996. The van der Waals surface area contributed by atoms with Crippen molar-refractivity contribution in [1.29, 1.82) is 0 Å². The van der Waals surface area contributed by atoms with E-state index in [0.717, 1.165) is 0 Å². The van der Waals surface area contributed by atoms with E-state index in [0.29, 0.717) is 35.6 Å². The Morgan fingerprint density at radius 3 is 1.46 bits per heavy atom. The number of aliphatic hydroxyl groups excluding tert-OH is 1. The number of benzene rings is 1. The minimum absolute atomic E-state index is 0.0615. The zero-order valence-electron chi connectivity index (χ0n) is 30.8. The number of nitrogens with zero attached hydrogens (tertiary/aromatic N) is 1. The Labute approximate surface area is 277 Å². The number of aliphatic hydroxyl groups is 1.